The van der Waals surface area contributed by atoms with Crippen molar-refractivity contribution in [1.82, 2.24) is 0 Å². The molecule has 1 unspecified atom stereocenters. The highest BCUT2D eigenvalue weighted by Crippen LogP contribution is 2.28. The lowest BCUT2D eigenvalue weighted by molar-refractivity contribution is -0.385. The lowest BCUT2D eigenvalue weighted by Gasteiger charge is -2.05. The van der Waals surface area contributed by atoms with E-state index in [2.05, 4.69) is 4.99 Å². The van der Waals surface area contributed by atoms with Crippen molar-refractivity contribution in [3.8, 4) is 5.75 Å². The maximum Gasteiger partial charge on any atom is 0.332 e. The van der Waals surface area contributed by atoms with Crippen LogP contribution in [-0.4, -0.2) is 41.7 Å². The number of nitro benzene ring substituents is 1. The maximum atomic E-state index is 10.7. The standard InChI is InChI=1S/C11H10N2O6/c1-18-9-4-6(2-3-8(9)13(16)17)10-12-7(5-19-10)11(14)15/h2-4,7H,5H2,1H3,(H,14,15). The smallest absolute Gasteiger partial charge is 0.332 e. The van der Waals surface area contributed by atoms with Gasteiger partial charge in [-0.25, -0.2) is 9.79 Å². The number of aliphatic imine (C=N–C) groups is 1. The second-order valence-electron chi connectivity index (χ2n) is 3.74. The van der Waals surface area contributed by atoms with Crippen molar-refractivity contribution in [3.05, 3.63) is 33.9 Å². The molecule has 8 heteroatoms. The van der Waals surface area contributed by atoms with E-state index >= 15 is 0 Å². The van der Waals surface area contributed by atoms with Gasteiger partial charge in [0.25, 0.3) is 0 Å². The molecule has 1 atom stereocenters. The van der Waals surface area contributed by atoms with Crippen molar-refractivity contribution in [1.29, 1.82) is 0 Å². The van der Waals surface area contributed by atoms with E-state index in [-0.39, 0.29) is 23.9 Å². The zero-order valence-corrected chi connectivity index (χ0v) is 9.90. The Morgan fingerprint density at radius 3 is 2.89 bits per heavy atom. The van der Waals surface area contributed by atoms with Crippen LogP contribution in [0.4, 0.5) is 5.69 Å². The zero-order valence-electron chi connectivity index (χ0n) is 9.90. The van der Waals surface area contributed by atoms with E-state index in [1.807, 2.05) is 0 Å². The number of hydrogen-bond donors (Lipinski definition) is 1. The number of carbonyl (C=O) groups is 1. The van der Waals surface area contributed by atoms with Gasteiger partial charge in [0.15, 0.2) is 11.8 Å². The Labute approximate surface area is 107 Å². The van der Waals surface area contributed by atoms with E-state index in [1.54, 1.807) is 0 Å². The lowest BCUT2D eigenvalue weighted by atomic mass is 10.2. The molecule has 1 aromatic rings. The molecule has 1 N–H and O–H groups in total. The topological polar surface area (TPSA) is 111 Å². The molecular formula is C11H10N2O6. The van der Waals surface area contributed by atoms with Crippen LogP contribution in [0.3, 0.4) is 0 Å². The minimum Gasteiger partial charge on any atom is -0.490 e. The fourth-order valence-electron chi connectivity index (χ4n) is 1.62. The number of benzene rings is 1. The van der Waals surface area contributed by atoms with Crippen LogP contribution in [0.15, 0.2) is 23.2 Å². The number of nitrogens with zero attached hydrogens (tertiary/aromatic N) is 2. The summed E-state index contributed by atoms with van der Waals surface area (Å²) in [5.41, 5.74) is 0.255. The molecule has 0 bridgehead atoms. The molecule has 8 nitrogen and oxygen atoms in total. The lowest BCUT2D eigenvalue weighted by Crippen LogP contribution is -2.18. The Balaban J connectivity index is 2.35. The third kappa shape index (κ3) is 2.46. The van der Waals surface area contributed by atoms with E-state index in [0.29, 0.717) is 5.56 Å². The number of carboxylic acid groups (broad SMARTS) is 1. The van der Waals surface area contributed by atoms with Crippen LogP contribution < -0.4 is 4.74 Å². The molecule has 0 aromatic heterocycles. The van der Waals surface area contributed by atoms with Gasteiger partial charge in [-0.05, 0) is 12.1 Å². The first kappa shape index (κ1) is 12.8. The molecule has 19 heavy (non-hydrogen) atoms. The largest absolute Gasteiger partial charge is 0.490 e. The quantitative estimate of drug-likeness (QED) is 0.638. The Hall–Kier alpha value is -2.64. The summed E-state index contributed by atoms with van der Waals surface area (Å²) < 4.78 is 10.1. The molecule has 1 aliphatic heterocycles. The van der Waals surface area contributed by atoms with Gasteiger partial charge in [-0.2, -0.15) is 0 Å². The molecule has 0 amide bonds. The van der Waals surface area contributed by atoms with Crippen molar-refractivity contribution in [2.45, 2.75) is 6.04 Å². The van der Waals surface area contributed by atoms with Gasteiger partial charge in [-0.1, -0.05) is 0 Å². The van der Waals surface area contributed by atoms with Crippen LogP contribution in [0.25, 0.3) is 0 Å². The molecule has 0 spiro atoms. The normalized spacial score (nSPS) is 17.5. The van der Waals surface area contributed by atoms with Crippen molar-refractivity contribution < 1.29 is 24.3 Å². The summed E-state index contributed by atoms with van der Waals surface area (Å²) in [5, 5.41) is 19.5. The predicted octanol–water partition coefficient (Wildman–Crippen LogP) is 0.833. The molecule has 0 fully saturated rings. The van der Waals surface area contributed by atoms with Gasteiger partial charge in [0.2, 0.25) is 5.90 Å². The first-order chi connectivity index (χ1) is 9.02. The number of aliphatic carboxylic acids is 1. The maximum absolute atomic E-state index is 10.7. The van der Waals surface area contributed by atoms with Crippen molar-refractivity contribution in [3.63, 3.8) is 0 Å². The summed E-state index contributed by atoms with van der Waals surface area (Å²) in [6.45, 7) is -0.0516. The highest BCUT2D eigenvalue weighted by atomic mass is 16.6. The third-order valence-corrected chi connectivity index (χ3v) is 2.56. The monoisotopic (exact) mass is 266 g/mol. The Morgan fingerprint density at radius 1 is 1.63 bits per heavy atom. The molecule has 1 aromatic carbocycles. The van der Waals surface area contributed by atoms with Gasteiger partial charge in [0, 0.05) is 11.6 Å². The summed E-state index contributed by atoms with van der Waals surface area (Å²) in [5.74, 6) is -0.878. The van der Waals surface area contributed by atoms with Crippen LogP contribution in [0.1, 0.15) is 5.56 Å². The van der Waals surface area contributed by atoms with Crippen LogP contribution >= 0.6 is 0 Å². The number of nitro groups is 1. The average molecular weight is 266 g/mol. The van der Waals surface area contributed by atoms with Crippen LogP contribution in [-0.2, 0) is 9.53 Å². The molecule has 0 saturated carbocycles. The molecule has 2 rings (SSSR count). The molecule has 0 saturated heterocycles. The highest BCUT2D eigenvalue weighted by Gasteiger charge is 2.27. The fraction of sp³-hybridized carbons (Fsp3) is 0.273. The van der Waals surface area contributed by atoms with Crippen LogP contribution in [0.5, 0.6) is 5.75 Å². The highest BCUT2D eigenvalue weighted by molar-refractivity contribution is 5.98. The second-order valence-corrected chi connectivity index (χ2v) is 3.74. The van der Waals surface area contributed by atoms with Gasteiger partial charge in [-0.15, -0.1) is 0 Å². The number of methoxy groups -OCH3 is 1. The van der Waals surface area contributed by atoms with Gasteiger partial charge in [0.05, 0.1) is 12.0 Å². The van der Waals surface area contributed by atoms with Gasteiger partial charge in [-0.3, -0.25) is 10.1 Å². The molecule has 0 radical (unpaired) electrons. The Morgan fingerprint density at radius 2 is 2.37 bits per heavy atom. The van der Waals surface area contributed by atoms with E-state index in [1.165, 1.54) is 25.3 Å². The SMILES string of the molecule is COc1cc(C2=NC(C(=O)O)CO2)ccc1[N+](=O)[O-]. The summed E-state index contributed by atoms with van der Waals surface area (Å²) >= 11 is 0. The molecular weight excluding hydrogens is 256 g/mol. The minimum atomic E-state index is -1.08. The van der Waals surface area contributed by atoms with Crippen molar-refractivity contribution in [2.24, 2.45) is 4.99 Å². The first-order valence-electron chi connectivity index (χ1n) is 5.29. The van der Waals surface area contributed by atoms with E-state index in [4.69, 9.17) is 14.6 Å². The average Bonchev–Trinajstić information content (AvgIpc) is 2.87. The first-order valence-corrected chi connectivity index (χ1v) is 5.29. The molecule has 0 aliphatic carbocycles. The molecule has 1 aliphatic rings. The van der Waals surface area contributed by atoms with Crippen molar-refractivity contribution >= 4 is 17.6 Å². The fourth-order valence-corrected chi connectivity index (χ4v) is 1.62. The number of rotatable bonds is 4. The minimum absolute atomic E-state index is 0.0516. The van der Waals surface area contributed by atoms with Crippen molar-refractivity contribution in [2.75, 3.05) is 13.7 Å². The van der Waals surface area contributed by atoms with E-state index < -0.39 is 16.9 Å². The summed E-state index contributed by atoms with van der Waals surface area (Å²) in [6.07, 6.45) is 0. The van der Waals surface area contributed by atoms with Crippen LogP contribution in [0, 0.1) is 10.1 Å². The summed E-state index contributed by atoms with van der Waals surface area (Å²) in [7, 11) is 1.31. The van der Waals surface area contributed by atoms with Gasteiger partial charge >= 0.3 is 11.7 Å². The van der Waals surface area contributed by atoms with Gasteiger partial charge in [0.1, 0.15) is 6.61 Å². The second kappa shape index (κ2) is 4.92. The van der Waals surface area contributed by atoms with Crippen LogP contribution in [0.2, 0.25) is 0 Å². The molecule has 100 valence electrons. The number of carboxylic acids is 1. The predicted molar refractivity (Wildman–Crippen MR) is 63.6 cm³/mol. The van der Waals surface area contributed by atoms with E-state index in [9.17, 15) is 14.9 Å². The zero-order chi connectivity index (χ0) is 14.0. The van der Waals surface area contributed by atoms with E-state index in [0.717, 1.165) is 0 Å². The number of hydrogen-bond acceptors (Lipinski definition) is 6. The summed E-state index contributed by atoms with van der Waals surface area (Å²) in [4.78, 5) is 24.8. The number of ether oxygens (including phenoxy) is 2. The summed E-state index contributed by atoms with van der Waals surface area (Å²) in [6, 6.07) is 3.13. The Kier molecular flexibility index (Phi) is 3.32. The molecule has 1 heterocycles. The van der Waals surface area contributed by atoms with Gasteiger partial charge < -0.3 is 14.6 Å². The third-order valence-electron chi connectivity index (χ3n) is 2.56. The Bertz CT molecular complexity index is 568.